The van der Waals surface area contributed by atoms with E-state index in [2.05, 4.69) is 26.5 Å². The van der Waals surface area contributed by atoms with Crippen molar-refractivity contribution in [2.45, 2.75) is 6.92 Å². The first-order chi connectivity index (χ1) is 14.5. The maximum Gasteiger partial charge on any atom is 0.308 e. The molecule has 0 saturated heterocycles. The summed E-state index contributed by atoms with van der Waals surface area (Å²) in [5.74, 6) is 0.402. The van der Waals surface area contributed by atoms with E-state index in [1.165, 1.54) is 20.2 Å². The number of ether oxygens (including phenoxy) is 3. The highest BCUT2D eigenvalue weighted by Gasteiger charge is 2.09. The Kier molecular flexibility index (Phi) is 7.03. The molecule has 0 atom stereocenters. The molecule has 3 aromatic carbocycles. The van der Waals surface area contributed by atoms with Gasteiger partial charge in [-0.1, -0.05) is 30.3 Å². The predicted octanol–water partition coefficient (Wildman–Crippen LogP) is 4.07. The lowest BCUT2D eigenvalue weighted by Gasteiger charge is -2.09. The highest BCUT2D eigenvalue weighted by atomic mass is 79.9. The molecule has 0 unspecified atom stereocenters. The van der Waals surface area contributed by atoms with Crippen LogP contribution in [-0.4, -0.2) is 31.8 Å². The molecule has 154 valence electrons. The highest BCUT2D eigenvalue weighted by Crippen LogP contribution is 2.33. The highest BCUT2D eigenvalue weighted by molar-refractivity contribution is 9.10. The first kappa shape index (κ1) is 21.3. The van der Waals surface area contributed by atoms with Crippen molar-refractivity contribution in [3.63, 3.8) is 0 Å². The van der Waals surface area contributed by atoms with Gasteiger partial charge in [0.1, 0.15) is 5.75 Å². The first-order valence-electron chi connectivity index (χ1n) is 8.96. The predicted molar refractivity (Wildman–Crippen MR) is 117 cm³/mol. The van der Waals surface area contributed by atoms with Crippen molar-refractivity contribution in [1.29, 1.82) is 0 Å². The minimum Gasteiger partial charge on any atom is -0.493 e. The maximum absolute atomic E-state index is 12.0. The lowest BCUT2D eigenvalue weighted by molar-refractivity contribution is -0.132. The largest absolute Gasteiger partial charge is 0.493 e. The van der Waals surface area contributed by atoms with Gasteiger partial charge in [-0.05, 0) is 56.5 Å². The molecule has 0 radical (unpaired) electrons. The van der Waals surface area contributed by atoms with E-state index in [4.69, 9.17) is 14.2 Å². The number of carbonyl (C=O) groups is 2. The fraction of sp³-hybridized carbons (Fsp3) is 0.136. The Morgan fingerprint density at radius 1 is 1.07 bits per heavy atom. The van der Waals surface area contributed by atoms with Gasteiger partial charge in [0.25, 0.3) is 5.91 Å². The zero-order chi connectivity index (χ0) is 21.5. The summed E-state index contributed by atoms with van der Waals surface area (Å²) in [5.41, 5.74) is 3.06. The Morgan fingerprint density at radius 3 is 2.60 bits per heavy atom. The van der Waals surface area contributed by atoms with Gasteiger partial charge >= 0.3 is 5.97 Å². The van der Waals surface area contributed by atoms with E-state index in [9.17, 15) is 9.59 Å². The molecule has 1 N–H and O–H groups in total. The second kappa shape index (κ2) is 9.89. The third kappa shape index (κ3) is 5.36. The van der Waals surface area contributed by atoms with Crippen LogP contribution in [0.25, 0.3) is 10.8 Å². The second-order valence-electron chi connectivity index (χ2n) is 6.18. The van der Waals surface area contributed by atoms with Crippen LogP contribution < -0.4 is 19.6 Å². The molecule has 3 rings (SSSR count). The molecule has 0 aliphatic carbocycles. The van der Waals surface area contributed by atoms with E-state index in [0.717, 1.165) is 15.2 Å². The molecule has 0 bridgehead atoms. The number of rotatable bonds is 7. The molecule has 0 aromatic heterocycles. The average molecular weight is 471 g/mol. The van der Waals surface area contributed by atoms with Crippen molar-refractivity contribution >= 4 is 44.8 Å². The molecule has 0 heterocycles. The molecular weight excluding hydrogens is 452 g/mol. The maximum atomic E-state index is 12.0. The van der Waals surface area contributed by atoms with Crippen molar-refractivity contribution in [3.8, 4) is 17.2 Å². The number of methoxy groups -OCH3 is 1. The van der Waals surface area contributed by atoms with Crippen molar-refractivity contribution in [3.05, 3.63) is 64.6 Å². The molecule has 30 heavy (non-hydrogen) atoms. The number of amides is 1. The second-order valence-corrected chi connectivity index (χ2v) is 6.98. The van der Waals surface area contributed by atoms with Crippen molar-refractivity contribution in [1.82, 2.24) is 5.43 Å². The minimum atomic E-state index is -0.444. The summed E-state index contributed by atoms with van der Waals surface area (Å²) in [6.45, 7) is 1.12. The van der Waals surface area contributed by atoms with Crippen LogP contribution in [0.15, 0.2) is 64.2 Å². The van der Waals surface area contributed by atoms with Crippen LogP contribution in [0.3, 0.4) is 0 Å². The lowest BCUT2D eigenvalue weighted by Crippen LogP contribution is -2.24. The van der Waals surface area contributed by atoms with E-state index in [1.807, 2.05) is 30.3 Å². The van der Waals surface area contributed by atoms with E-state index < -0.39 is 11.9 Å². The molecule has 0 fully saturated rings. The van der Waals surface area contributed by atoms with Gasteiger partial charge < -0.3 is 14.2 Å². The number of benzene rings is 3. The summed E-state index contributed by atoms with van der Waals surface area (Å²) in [7, 11) is 1.47. The van der Waals surface area contributed by atoms with Gasteiger partial charge in [0, 0.05) is 6.92 Å². The zero-order valence-electron chi connectivity index (χ0n) is 16.3. The molecule has 0 saturated carbocycles. The molecule has 8 heteroatoms. The van der Waals surface area contributed by atoms with Crippen molar-refractivity contribution in [2.24, 2.45) is 5.10 Å². The van der Waals surface area contributed by atoms with Crippen LogP contribution in [0.4, 0.5) is 0 Å². The smallest absolute Gasteiger partial charge is 0.308 e. The molecule has 3 aromatic rings. The number of fused-ring (bicyclic) bond motifs is 1. The van der Waals surface area contributed by atoms with Gasteiger partial charge in [-0.2, -0.15) is 5.10 Å². The van der Waals surface area contributed by atoms with Crippen LogP contribution in [0.5, 0.6) is 17.2 Å². The van der Waals surface area contributed by atoms with Gasteiger partial charge in [-0.15, -0.1) is 0 Å². The Bertz CT molecular complexity index is 1110. The number of hydrogen-bond acceptors (Lipinski definition) is 6. The Balaban J connectivity index is 1.57. The SMILES string of the molecule is COc1cc(C=NNC(=O)COc2ccc3ccccc3c2Br)ccc1OC(C)=O. The third-order valence-corrected chi connectivity index (χ3v) is 4.85. The summed E-state index contributed by atoms with van der Waals surface area (Å²) >= 11 is 3.52. The van der Waals surface area contributed by atoms with Crippen LogP contribution in [0.1, 0.15) is 12.5 Å². The molecule has 1 amide bonds. The van der Waals surface area contributed by atoms with E-state index >= 15 is 0 Å². The number of hydrazone groups is 1. The monoisotopic (exact) mass is 470 g/mol. The number of halogens is 1. The molecule has 7 nitrogen and oxygen atoms in total. The normalized spacial score (nSPS) is 10.8. The van der Waals surface area contributed by atoms with Crippen LogP contribution in [0.2, 0.25) is 0 Å². The summed E-state index contributed by atoms with van der Waals surface area (Å²) in [6.07, 6.45) is 1.45. The lowest BCUT2D eigenvalue weighted by atomic mass is 10.1. The summed E-state index contributed by atoms with van der Waals surface area (Å²) in [4.78, 5) is 23.1. The summed E-state index contributed by atoms with van der Waals surface area (Å²) in [6, 6.07) is 16.5. The quantitative estimate of drug-likeness (QED) is 0.243. The third-order valence-electron chi connectivity index (χ3n) is 4.03. The zero-order valence-corrected chi connectivity index (χ0v) is 17.9. The minimum absolute atomic E-state index is 0.191. The Morgan fingerprint density at radius 2 is 1.83 bits per heavy atom. The van der Waals surface area contributed by atoms with E-state index in [0.29, 0.717) is 22.8 Å². The van der Waals surface area contributed by atoms with Crippen LogP contribution in [0, 0.1) is 0 Å². The molecule has 0 spiro atoms. The van der Waals surface area contributed by atoms with Gasteiger partial charge in [0.2, 0.25) is 0 Å². The molecule has 0 aliphatic heterocycles. The number of nitrogens with zero attached hydrogens (tertiary/aromatic N) is 1. The van der Waals surface area contributed by atoms with E-state index in [-0.39, 0.29) is 6.61 Å². The van der Waals surface area contributed by atoms with Crippen molar-refractivity contribution < 1.29 is 23.8 Å². The fourth-order valence-electron chi connectivity index (χ4n) is 2.68. The molecule has 0 aliphatic rings. The standard InChI is InChI=1S/C22H19BrN2O5/c1-14(26)30-18-9-7-15(11-20(18)28-2)12-24-25-21(27)13-29-19-10-8-16-5-3-4-6-17(16)22(19)23/h3-12H,13H2,1-2H3,(H,25,27). The Hall–Kier alpha value is -3.39. The average Bonchev–Trinajstić information content (AvgIpc) is 2.74. The van der Waals surface area contributed by atoms with Gasteiger partial charge in [-0.3, -0.25) is 9.59 Å². The van der Waals surface area contributed by atoms with Gasteiger partial charge in [0.05, 0.1) is 17.8 Å². The summed E-state index contributed by atoms with van der Waals surface area (Å²) < 4.78 is 16.6. The molecular formula is C22H19BrN2O5. The topological polar surface area (TPSA) is 86.2 Å². The van der Waals surface area contributed by atoms with Crippen LogP contribution >= 0.6 is 15.9 Å². The van der Waals surface area contributed by atoms with Gasteiger partial charge in [0.15, 0.2) is 18.1 Å². The fourth-order valence-corrected chi connectivity index (χ4v) is 3.29. The summed E-state index contributed by atoms with van der Waals surface area (Å²) in [5, 5.41) is 5.98. The van der Waals surface area contributed by atoms with Gasteiger partial charge in [-0.25, -0.2) is 5.43 Å². The van der Waals surface area contributed by atoms with E-state index in [1.54, 1.807) is 24.3 Å². The number of esters is 1. The van der Waals surface area contributed by atoms with Crippen LogP contribution in [-0.2, 0) is 9.59 Å². The number of nitrogens with one attached hydrogen (secondary N) is 1. The first-order valence-corrected chi connectivity index (χ1v) is 9.75. The van der Waals surface area contributed by atoms with Crippen molar-refractivity contribution in [2.75, 3.05) is 13.7 Å². The Labute approximate surface area is 181 Å². The number of carbonyl (C=O) groups excluding carboxylic acids is 2. The number of hydrogen-bond donors (Lipinski definition) is 1.